The van der Waals surface area contributed by atoms with Gasteiger partial charge in [-0.05, 0) is 33.1 Å². The zero-order valence-electron chi connectivity index (χ0n) is 12.9. The Morgan fingerprint density at radius 3 is 1.00 bits per heavy atom. The first-order valence-corrected chi connectivity index (χ1v) is 6.59. The van der Waals surface area contributed by atoms with Crippen molar-refractivity contribution in [1.29, 1.82) is 0 Å². The van der Waals surface area contributed by atoms with Crippen LogP contribution < -0.4 is 0 Å². The number of rotatable bonds is 0. The van der Waals surface area contributed by atoms with Gasteiger partial charge in [0, 0.05) is 10.8 Å². The van der Waals surface area contributed by atoms with Gasteiger partial charge in [-0.1, -0.05) is 27.7 Å². The summed E-state index contributed by atoms with van der Waals surface area (Å²) in [6, 6.07) is 0. The van der Waals surface area contributed by atoms with Crippen LogP contribution in [0.3, 0.4) is 0 Å². The fourth-order valence-electron chi connectivity index (χ4n) is 5.91. The summed E-state index contributed by atoms with van der Waals surface area (Å²) in [5.41, 5.74) is 1.96. The highest BCUT2D eigenvalue weighted by Gasteiger charge is 2.96. The van der Waals surface area contributed by atoms with E-state index in [-0.39, 0.29) is 0 Å². The number of hydrogen-bond acceptors (Lipinski definition) is 0. The molecule has 1 heteroatoms. The second-order valence-electron chi connectivity index (χ2n) is 8.45. The molecule has 2 atom stereocenters. The first-order valence-electron chi connectivity index (χ1n) is 6.59. The van der Waals surface area contributed by atoms with E-state index in [0.717, 1.165) is 4.48 Å². The van der Waals surface area contributed by atoms with Gasteiger partial charge < -0.3 is 4.48 Å². The normalized spacial score (nSPS) is 49.9. The lowest BCUT2D eigenvalue weighted by Gasteiger charge is -2.55. The third-order valence-corrected chi connectivity index (χ3v) is 8.68. The van der Waals surface area contributed by atoms with Crippen LogP contribution in [0.25, 0.3) is 0 Å². The summed E-state index contributed by atoms with van der Waals surface area (Å²) in [5, 5.41) is 0. The zero-order chi connectivity index (χ0) is 13.0. The molecule has 1 nitrogen and oxygen atoms in total. The molecule has 1 saturated carbocycles. The highest BCUT2D eigenvalue weighted by Crippen LogP contribution is 2.91. The third-order valence-electron chi connectivity index (χ3n) is 8.68. The van der Waals surface area contributed by atoms with E-state index in [2.05, 4.69) is 69.5 Å². The van der Waals surface area contributed by atoms with Crippen LogP contribution in [0.15, 0.2) is 0 Å². The van der Waals surface area contributed by atoms with Crippen molar-refractivity contribution in [3.63, 3.8) is 0 Å². The van der Waals surface area contributed by atoms with Gasteiger partial charge in [-0.15, -0.1) is 0 Å². The smallest absolute Gasteiger partial charge is 0.100 e. The molecule has 0 aromatic carbocycles. The van der Waals surface area contributed by atoms with E-state index < -0.39 is 0 Å². The maximum Gasteiger partial charge on any atom is 0.100 e. The predicted molar refractivity (Wildman–Crippen MR) is 70.3 cm³/mol. The lowest BCUT2D eigenvalue weighted by Crippen LogP contribution is -2.67. The highest BCUT2D eigenvalue weighted by molar-refractivity contribution is 5.37. The van der Waals surface area contributed by atoms with Gasteiger partial charge in [-0.3, -0.25) is 0 Å². The van der Waals surface area contributed by atoms with E-state index >= 15 is 0 Å². The first-order chi connectivity index (χ1) is 6.75. The monoisotopic (exact) mass is 224 g/mol. The number of piperidine rings is 1. The summed E-state index contributed by atoms with van der Waals surface area (Å²) in [5.74, 6) is 0. The summed E-state index contributed by atoms with van der Waals surface area (Å²) in [6.07, 6.45) is 0. The summed E-state index contributed by atoms with van der Waals surface area (Å²) >= 11 is 0. The van der Waals surface area contributed by atoms with E-state index in [0.29, 0.717) is 27.3 Å². The fraction of sp³-hybridized carbons (Fsp3) is 1.00. The van der Waals surface area contributed by atoms with Gasteiger partial charge in [0.1, 0.15) is 11.1 Å². The van der Waals surface area contributed by atoms with Gasteiger partial charge in [0.2, 0.25) is 0 Å². The molecule has 2 rings (SSSR count). The molecule has 1 saturated heterocycles. The summed E-state index contributed by atoms with van der Waals surface area (Å²) in [7, 11) is 4.83. The predicted octanol–water partition coefficient (Wildman–Crippen LogP) is 3.69. The molecule has 0 radical (unpaired) electrons. The summed E-state index contributed by atoms with van der Waals surface area (Å²) in [4.78, 5) is 0. The van der Waals surface area contributed by atoms with E-state index in [1.807, 2.05) is 0 Å². The average molecular weight is 224 g/mol. The largest absolute Gasteiger partial charge is 0.319 e. The van der Waals surface area contributed by atoms with Crippen LogP contribution in [0.2, 0.25) is 0 Å². The van der Waals surface area contributed by atoms with Crippen molar-refractivity contribution in [3.8, 4) is 0 Å². The van der Waals surface area contributed by atoms with Crippen molar-refractivity contribution in [3.05, 3.63) is 0 Å². The van der Waals surface area contributed by atoms with Crippen molar-refractivity contribution in [2.75, 3.05) is 14.1 Å². The second kappa shape index (κ2) is 2.25. The van der Waals surface area contributed by atoms with Gasteiger partial charge >= 0.3 is 0 Å². The Morgan fingerprint density at radius 2 is 0.812 bits per heavy atom. The Balaban J connectivity index is 2.74. The molecular formula is C15H30N+. The molecule has 1 heterocycles. The molecule has 0 spiro atoms. The molecule has 1 aliphatic heterocycles. The molecule has 0 aromatic heterocycles. The van der Waals surface area contributed by atoms with E-state index in [9.17, 15) is 0 Å². The Morgan fingerprint density at radius 1 is 0.562 bits per heavy atom. The van der Waals surface area contributed by atoms with E-state index in [1.165, 1.54) is 0 Å². The zero-order valence-corrected chi connectivity index (χ0v) is 12.9. The lowest BCUT2D eigenvalue weighted by molar-refractivity contribution is -0.978. The first kappa shape index (κ1) is 12.4. The van der Waals surface area contributed by atoms with Crippen molar-refractivity contribution in [2.45, 2.75) is 66.5 Å². The molecule has 0 amide bonds. The number of nitrogens with zero attached hydrogens (tertiary/aromatic N) is 1. The summed E-state index contributed by atoms with van der Waals surface area (Å²) < 4.78 is 1.12. The minimum Gasteiger partial charge on any atom is -0.319 e. The van der Waals surface area contributed by atoms with Crippen LogP contribution in [-0.4, -0.2) is 29.7 Å². The number of fused-ring (bicyclic) bond motifs is 1. The molecule has 0 N–H and O–H groups in total. The average Bonchev–Trinajstić information content (AvgIpc) is 2.44. The van der Waals surface area contributed by atoms with Crippen LogP contribution in [0.5, 0.6) is 0 Å². The quantitative estimate of drug-likeness (QED) is 0.551. The molecule has 2 aliphatic rings. The minimum atomic E-state index is 0.328. The Labute approximate surface area is 102 Å². The van der Waals surface area contributed by atoms with Crippen LogP contribution in [-0.2, 0) is 0 Å². The number of likely N-dealkylation sites (tertiary alicyclic amines) is 1. The summed E-state index contributed by atoms with van der Waals surface area (Å²) in [6.45, 7) is 19.8. The number of quaternary nitrogens is 1. The van der Waals surface area contributed by atoms with Crippen molar-refractivity contribution in [2.24, 2.45) is 16.2 Å². The van der Waals surface area contributed by atoms with Gasteiger partial charge in [0.15, 0.2) is 0 Å². The van der Waals surface area contributed by atoms with Gasteiger partial charge in [0.25, 0.3) is 0 Å². The third kappa shape index (κ3) is 0.631. The molecule has 0 bridgehead atoms. The van der Waals surface area contributed by atoms with Crippen LogP contribution >= 0.6 is 0 Å². The standard InChI is InChI=1S/C15H30N/c1-11(2)14(7)12(3,4)16(9,10)13(5,6)15(11,14)8/h1-10H3/q+1/t14-,15+. The SMILES string of the molecule is CC1(C)[C@@]2(C)C(C)(C)[N+](C)(C)C(C)(C)[C@@]12C. The molecular weight excluding hydrogens is 194 g/mol. The molecule has 1 aliphatic carbocycles. The molecule has 94 valence electrons. The fourth-order valence-corrected chi connectivity index (χ4v) is 5.91. The maximum atomic E-state index is 2.52. The minimum absolute atomic E-state index is 0.328. The van der Waals surface area contributed by atoms with Gasteiger partial charge in [0.05, 0.1) is 14.1 Å². The Bertz CT molecular complexity index is 330. The van der Waals surface area contributed by atoms with Crippen molar-refractivity contribution >= 4 is 0 Å². The van der Waals surface area contributed by atoms with E-state index in [4.69, 9.17) is 0 Å². The van der Waals surface area contributed by atoms with Crippen molar-refractivity contribution < 1.29 is 4.48 Å². The van der Waals surface area contributed by atoms with Crippen LogP contribution in [0, 0.1) is 16.2 Å². The Kier molecular flexibility index (Phi) is 1.75. The second-order valence-corrected chi connectivity index (χ2v) is 8.45. The lowest BCUT2D eigenvalue weighted by atomic mass is 9.77. The maximum absolute atomic E-state index is 2.52. The van der Waals surface area contributed by atoms with Crippen molar-refractivity contribution in [1.82, 2.24) is 0 Å². The Hall–Kier alpha value is -0.0400. The molecule has 0 aromatic rings. The number of hydrogen-bond donors (Lipinski definition) is 0. The van der Waals surface area contributed by atoms with Gasteiger partial charge in [-0.2, -0.15) is 0 Å². The highest BCUT2D eigenvalue weighted by atomic mass is 15.5. The van der Waals surface area contributed by atoms with Gasteiger partial charge in [-0.25, -0.2) is 0 Å². The molecule has 16 heavy (non-hydrogen) atoms. The molecule has 0 unspecified atom stereocenters. The van der Waals surface area contributed by atoms with Crippen LogP contribution in [0.4, 0.5) is 0 Å². The van der Waals surface area contributed by atoms with Crippen LogP contribution in [0.1, 0.15) is 55.4 Å². The topological polar surface area (TPSA) is 0 Å². The molecule has 2 fully saturated rings. The van der Waals surface area contributed by atoms with E-state index in [1.54, 1.807) is 0 Å².